The maximum Gasteiger partial charge on any atom is 0.337 e. The maximum atomic E-state index is 12.6. The van der Waals surface area contributed by atoms with Crippen LogP contribution in [0.3, 0.4) is 0 Å². The molecule has 26 heavy (non-hydrogen) atoms. The number of methoxy groups -OCH3 is 1. The molecule has 1 aromatic carbocycles. The molecule has 1 amide bonds. The molecular formula is C17H18N2O5S2. The first kappa shape index (κ1) is 18.6. The number of sulfonamides is 1. The molecule has 0 bridgehead atoms. The Kier molecular flexibility index (Phi) is 5.40. The SMILES string of the molecule is COC(=O)c1ccc(C(=O)N2CCN(S(=O)(=O)c3cccs3)CC2)cc1. The molecule has 0 saturated carbocycles. The summed E-state index contributed by atoms with van der Waals surface area (Å²) in [7, 11) is -2.19. The fraction of sp³-hybridized carbons (Fsp3) is 0.294. The van der Waals surface area contributed by atoms with Crippen molar-refractivity contribution in [3.8, 4) is 0 Å². The molecule has 1 aliphatic heterocycles. The third-order valence-electron chi connectivity index (χ3n) is 4.17. The van der Waals surface area contributed by atoms with Gasteiger partial charge in [0.2, 0.25) is 0 Å². The second kappa shape index (κ2) is 7.56. The average molecular weight is 394 g/mol. The molecule has 0 aliphatic carbocycles. The lowest BCUT2D eigenvalue weighted by Crippen LogP contribution is -2.50. The largest absolute Gasteiger partial charge is 0.465 e. The van der Waals surface area contributed by atoms with Gasteiger partial charge in [-0.3, -0.25) is 4.79 Å². The summed E-state index contributed by atoms with van der Waals surface area (Å²) in [6.07, 6.45) is 0. The number of ether oxygens (including phenoxy) is 1. The van der Waals surface area contributed by atoms with Crippen molar-refractivity contribution in [2.24, 2.45) is 0 Å². The average Bonchev–Trinajstić information content (AvgIpc) is 3.23. The van der Waals surface area contributed by atoms with E-state index in [2.05, 4.69) is 4.74 Å². The molecule has 3 rings (SSSR count). The van der Waals surface area contributed by atoms with Crippen molar-refractivity contribution >= 4 is 33.2 Å². The fourth-order valence-electron chi connectivity index (χ4n) is 2.72. The van der Waals surface area contributed by atoms with Crippen LogP contribution in [0, 0.1) is 0 Å². The molecular weight excluding hydrogens is 376 g/mol. The summed E-state index contributed by atoms with van der Waals surface area (Å²) in [5, 5.41) is 1.73. The van der Waals surface area contributed by atoms with E-state index in [0.717, 1.165) is 0 Å². The Hall–Kier alpha value is -2.23. The van der Waals surface area contributed by atoms with Crippen molar-refractivity contribution < 1.29 is 22.7 Å². The zero-order valence-electron chi connectivity index (χ0n) is 14.1. The molecule has 7 nitrogen and oxygen atoms in total. The Morgan fingerprint density at radius 3 is 2.15 bits per heavy atom. The summed E-state index contributed by atoms with van der Waals surface area (Å²) >= 11 is 1.19. The summed E-state index contributed by atoms with van der Waals surface area (Å²) in [6, 6.07) is 9.51. The zero-order valence-corrected chi connectivity index (χ0v) is 15.8. The number of nitrogens with zero attached hydrogens (tertiary/aromatic N) is 2. The quantitative estimate of drug-likeness (QED) is 0.737. The number of benzene rings is 1. The van der Waals surface area contributed by atoms with Crippen LogP contribution in [0.4, 0.5) is 0 Å². The number of amides is 1. The summed E-state index contributed by atoms with van der Waals surface area (Å²) in [4.78, 5) is 25.6. The highest BCUT2D eigenvalue weighted by Crippen LogP contribution is 2.22. The van der Waals surface area contributed by atoms with E-state index >= 15 is 0 Å². The lowest BCUT2D eigenvalue weighted by Gasteiger charge is -2.33. The number of hydrogen-bond donors (Lipinski definition) is 0. The topological polar surface area (TPSA) is 84.0 Å². The molecule has 2 heterocycles. The molecule has 9 heteroatoms. The van der Waals surface area contributed by atoms with E-state index < -0.39 is 16.0 Å². The normalized spacial score (nSPS) is 15.7. The van der Waals surface area contributed by atoms with Crippen LogP contribution in [0.15, 0.2) is 46.0 Å². The van der Waals surface area contributed by atoms with Crippen LogP contribution >= 0.6 is 11.3 Å². The number of esters is 1. The minimum Gasteiger partial charge on any atom is -0.465 e. The molecule has 0 atom stereocenters. The predicted molar refractivity (Wildman–Crippen MR) is 96.8 cm³/mol. The smallest absolute Gasteiger partial charge is 0.337 e. The van der Waals surface area contributed by atoms with Crippen LogP contribution in [-0.2, 0) is 14.8 Å². The Bertz CT molecular complexity index is 884. The fourth-order valence-corrected chi connectivity index (χ4v) is 5.29. The zero-order chi connectivity index (χ0) is 18.7. The number of carbonyl (C=O) groups is 2. The van der Waals surface area contributed by atoms with Crippen molar-refractivity contribution in [3.05, 3.63) is 52.9 Å². The second-order valence-corrected chi connectivity index (χ2v) is 8.81. The van der Waals surface area contributed by atoms with Crippen molar-refractivity contribution in [1.82, 2.24) is 9.21 Å². The highest BCUT2D eigenvalue weighted by atomic mass is 32.2. The Labute approximate surface area is 155 Å². The van der Waals surface area contributed by atoms with Gasteiger partial charge in [-0.2, -0.15) is 4.31 Å². The molecule has 0 spiro atoms. The van der Waals surface area contributed by atoms with Crippen molar-refractivity contribution in [2.45, 2.75) is 4.21 Å². The van der Waals surface area contributed by atoms with Gasteiger partial charge in [0.15, 0.2) is 0 Å². The monoisotopic (exact) mass is 394 g/mol. The van der Waals surface area contributed by atoms with E-state index in [1.165, 1.54) is 34.9 Å². The van der Waals surface area contributed by atoms with E-state index in [1.54, 1.807) is 34.5 Å². The summed E-state index contributed by atoms with van der Waals surface area (Å²) in [6.45, 7) is 1.16. The Morgan fingerprint density at radius 1 is 1.00 bits per heavy atom. The van der Waals surface area contributed by atoms with Gasteiger partial charge in [0.1, 0.15) is 4.21 Å². The maximum absolute atomic E-state index is 12.6. The van der Waals surface area contributed by atoms with Crippen LogP contribution in [0.1, 0.15) is 20.7 Å². The molecule has 0 N–H and O–H groups in total. The molecule has 2 aromatic rings. The van der Waals surface area contributed by atoms with E-state index in [1.807, 2.05) is 0 Å². The predicted octanol–water partition coefficient (Wildman–Crippen LogP) is 1.68. The van der Waals surface area contributed by atoms with Gasteiger partial charge < -0.3 is 9.64 Å². The number of thiophene rings is 1. The molecule has 138 valence electrons. The van der Waals surface area contributed by atoms with Crippen LogP contribution in [-0.4, -0.2) is 62.8 Å². The lowest BCUT2D eigenvalue weighted by atomic mass is 10.1. The van der Waals surface area contributed by atoms with Crippen molar-refractivity contribution in [3.63, 3.8) is 0 Å². The molecule has 1 saturated heterocycles. The van der Waals surface area contributed by atoms with Crippen LogP contribution < -0.4 is 0 Å². The van der Waals surface area contributed by atoms with Crippen molar-refractivity contribution in [1.29, 1.82) is 0 Å². The van der Waals surface area contributed by atoms with E-state index in [4.69, 9.17) is 0 Å². The minimum absolute atomic E-state index is 0.186. The molecule has 0 unspecified atom stereocenters. The summed E-state index contributed by atoms with van der Waals surface area (Å²) in [5.41, 5.74) is 0.822. The van der Waals surface area contributed by atoms with Gasteiger partial charge in [0.25, 0.3) is 15.9 Å². The summed E-state index contributed by atoms with van der Waals surface area (Å²) < 4.78 is 31.4. The van der Waals surface area contributed by atoms with E-state index in [0.29, 0.717) is 28.4 Å². The first-order valence-electron chi connectivity index (χ1n) is 7.95. The van der Waals surface area contributed by atoms with Gasteiger partial charge >= 0.3 is 5.97 Å². The van der Waals surface area contributed by atoms with E-state index in [-0.39, 0.29) is 19.0 Å². The second-order valence-electron chi connectivity index (χ2n) is 5.70. The standard InChI is InChI=1S/C17H18N2O5S2/c1-24-17(21)14-6-4-13(5-7-14)16(20)18-8-10-19(11-9-18)26(22,23)15-3-2-12-25-15/h2-7,12H,8-11H2,1H3. The molecule has 1 fully saturated rings. The minimum atomic E-state index is -3.49. The Balaban J connectivity index is 1.64. The first-order valence-corrected chi connectivity index (χ1v) is 10.3. The van der Waals surface area contributed by atoms with Crippen molar-refractivity contribution in [2.75, 3.05) is 33.3 Å². The van der Waals surface area contributed by atoms with Crippen LogP contribution in [0.2, 0.25) is 0 Å². The van der Waals surface area contributed by atoms with Crippen LogP contribution in [0.25, 0.3) is 0 Å². The Morgan fingerprint density at radius 2 is 1.62 bits per heavy atom. The van der Waals surface area contributed by atoms with Gasteiger partial charge in [0, 0.05) is 31.7 Å². The van der Waals surface area contributed by atoms with E-state index in [9.17, 15) is 18.0 Å². The highest BCUT2D eigenvalue weighted by Gasteiger charge is 2.31. The summed E-state index contributed by atoms with van der Waals surface area (Å²) in [5.74, 6) is -0.647. The van der Waals surface area contributed by atoms with Crippen LogP contribution in [0.5, 0.6) is 0 Å². The number of piperazine rings is 1. The highest BCUT2D eigenvalue weighted by molar-refractivity contribution is 7.91. The molecule has 1 aromatic heterocycles. The third-order valence-corrected chi connectivity index (χ3v) is 7.44. The van der Waals surface area contributed by atoms with Gasteiger partial charge in [0.05, 0.1) is 12.7 Å². The third kappa shape index (κ3) is 3.64. The number of rotatable bonds is 4. The van der Waals surface area contributed by atoms with Gasteiger partial charge in [-0.1, -0.05) is 6.07 Å². The van der Waals surface area contributed by atoms with Gasteiger partial charge in [-0.05, 0) is 35.7 Å². The van der Waals surface area contributed by atoms with Gasteiger partial charge in [-0.15, -0.1) is 11.3 Å². The molecule has 1 aliphatic rings. The number of carbonyl (C=O) groups excluding carboxylic acids is 2. The number of hydrogen-bond acceptors (Lipinski definition) is 6. The lowest BCUT2D eigenvalue weighted by molar-refractivity contribution is 0.0599. The molecule has 0 radical (unpaired) electrons. The first-order chi connectivity index (χ1) is 12.4. The van der Waals surface area contributed by atoms with Gasteiger partial charge in [-0.25, -0.2) is 13.2 Å².